The van der Waals surface area contributed by atoms with E-state index in [9.17, 15) is 14.7 Å². The number of amides is 1. The number of rotatable bonds is 6. The zero-order valence-corrected chi connectivity index (χ0v) is 19.6. The number of fused-ring (bicyclic) bond motifs is 3. The van der Waals surface area contributed by atoms with Gasteiger partial charge in [-0.2, -0.15) is 9.61 Å². The van der Waals surface area contributed by atoms with Crippen molar-refractivity contribution in [2.45, 2.75) is 69.5 Å². The predicted molar refractivity (Wildman–Crippen MR) is 130 cm³/mol. The van der Waals surface area contributed by atoms with Gasteiger partial charge in [0.05, 0.1) is 17.5 Å². The number of carbonyl (C=O) groups is 2. The molecule has 1 aliphatic carbocycles. The summed E-state index contributed by atoms with van der Waals surface area (Å²) in [7, 11) is 0. The topological polar surface area (TPSA) is 139 Å². The first-order valence-electron chi connectivity index (χ1n) is 12.3. The van der Waals surface area contributed by atoms with Crippen molar-refractivity contribution in [1.29, 1.82) is 0 Å². The smallest absolute Gasteiger partial charge is 0.248 e. The number of anilines is 2. The molecule has 6 rings (SSSR count). The van der Waals surface area contributed by atoms with Gasteiger partial charge in [-0.3, -0.25) is 9.59 Å². The maximum atomic E-state index is 12.7. The molecule has 0 radical (unpaired) electrons. The van der Waals surface area contributed by atoms with Crippen LogP contribution in [0.2, 0.25) is 0 Å². The highest BCUT2D eigenvalue weighted by Gasteiger charge is 2.44. The summed E-state index contributed by atoms with van der Waals surface area (Å²) in [5, 5.41) is 17.2. The number of hydrogen-bond acceptors (Lipinski definition) is 8. The van der Waals surface area contributed by atoms with Gasteiger partial charge in [0, 0.05) is 41.4 Å². The molecule has 182 valence electrons. The molecule has 2 aliphatic heterocycles. The highest BCUT2D eigenvalue weighted by Crippen LogP contribution is 2.44. The summed E-state index contributed by atoms with van der Waals surface area (Å²) in [5.41, 5.74) is 9.85. The SMILES string of the molecule is CC(=O)c1c(C2C[C@H]3CC[C@@H](C2)N3C(=O)CO)nc2c(-c3ccc(NC4CC4)nc3)cnn2c1N. The number of nitrogen functional groups attached to an aromatic ring is 1. The van der Waals surface area contributed by atoms with Gasteiger partial charge >= 0.3 is 0 Å². The molecule has 3 aromatic rings. The van der Waals surface area contributed by atoms with Gasteiger partial charge in [0.25, 0.3) is 0 Å². The Morgan fingerprint density at radius 3 is 2.49 bits per heavy atom. The zero-order chi connectivity index (χ0) is 24.3. The Bertz CT molecular complexity index is 1300. The summed E-state index contributed by atoms with van der Waals surface area (Å²) in [6, 6.07) is 4.55. The van der Waals surface area contributed by atoms with Crippen LogP contribution < -0.4 is 11.1 Å². The standard InChI is InChI=1S/C25H29N7O3/c1-13(34)22-23(15-8-17-5-6-18(9-15)31(17)21(35)12-33)30-25-19(11-28-32(25)24(22)26)14-2-7-20(27-10-14)29-16-3-4-16/h2,7,10-11,15-18,33H,3-6,8-9,12,26H2,1H3,(H,27,29)/t15?,17-,18+. The minimum absolute atomic E-state index is 0.00700. The number of nitrogens with two attached hydrogens (primary N) is 1. The fourth-order valence-corrected chi connectivity index (χ4v) is 5.86. The van der Waals surface area contributed by atoms with E-state index in [1.807, 2.05) is 17.0 Å². The van der Waals surface area contributed by atoms with Gasteiger partial charge in [-0.1, -0.05) is 0 Å². The predicted octanol–water partition coefficient (Wildman–Crippen LogP) is 2.38. The second-order valence-electron chi connectivity index (χ2n) is 9.97. The van der Waals surface area contributed by atoms with Gasteiger partial charge in [-0.15, -0.1) is 0 Å². The molecular weight excluding hydrogens is 446 g/mol. The number of hydrogen-bond donors (Lipinski definition) is 3. The van der Waals surface area contributed by atoms with Gasteiger partial charge < -0.3 is 21.1 Å². The summed E-state index contributed by atoms with van der Waals surface area (Å²) in [5.74, 6) is 0.745. The fraction of sp³-hybridized carbons (Fsp3) is 0.480. The Morgan fingerprint density at radius 2 is 1.89 bits per heavy atom. The molecule has 1 amide bonds. The molecule has 3 aromatic heterocycles. The van der Waals surface area contributed by atoms with Crippen molar-refractivity contribution in [1.82, 2.24) is 24.5 Å². The zero-order valence-electron chi connectivity index (χ0n) is 19.6. The van der Waals surface area contributed by atoms with Crippen molar-refractivity contribution < 1.29 is 14.7 Å². The first kappa shape index (κ1) is 22.0. The van der Waals surface area contributed by atoms with Crippen molar-refractivity contribution in [2.24, 2.45) is 0 Å². The number of Topliss-reactive ketones (excluding diaryl/α,β-unsaturated/α-hetero) is 1. The first-order valence-corrected chi connectivity index (χ1v) is 12.3. The van der Waals surface area contributed by atoms with E-state index in [0.29, 0.717) is 35.8 Å². The van der Waals surface area contributed by atoms with Gasteiger partial charge in [0.15, 0.2) is 11.4 Å². The highest BCUT2D eigenvalue weighted by molar-refractivity contribution is 6.00. The van der Waals surface area contributed by atoms with Crippen LogP contribution in [0.15, 0.2) is 24.5 Å². The molecule has 4 N–H and O–H groups in total. The number of aliphatic hydroxyl groups excluding tert-OH is 1. The van der Waals surface area contributed by atoms with Crippen LogP contribution in [0.5, 0.6) is 0 Å². The molecule has 3 aliphatic rings. The Kier molecular flexibility index (Phi) is 5.21. The monoisotopic (exact) mass is 475 g/mol. The largest absolute Gasteiger partial charge is 0.387 e. The van der Waals surface area contributed by atoms with Crippen molar-refractivity contribution in [2.75, 3.05) is 17.7 Å². The van der Waals surface area contributed by atoms with Crippen LogP contribution in [0.4, 0.5) is 11.6 Å². The Morgan fingerprint density at radius 1 is 1.14 bits per heavy atom. The van der Waals surface area contributed by atoms with Crippen molar-refractivity contribution >= 4 is 29.0 Å². The molecule has 10 heteroatoms. The van der Waals surface area contributed by atoms with Crippen LogP contribution >= 0.6 is 0 Å². The van der Waals surface area contributed by atoms with Crippen LogP contribution in [0.1, 0.15) is 67.4 Å². The third-order valence-electron chi connectivity index (χ3n) is 7.61. The number of nitrogens with one attached hydrogen (secondary N) is 1. The molecule has 5 heterocycles. The van der Waals surface area contributed by atoms with Crippen LogP contribution in [0.3, 0.4) is 0 Å². The lowest BCUT2D eigenvalue weighted by atomic mass is 9.85. The van der Waals surface area contributed by atoms with E-state index in [4.69, 9.17) is 10.7 Å². The van der Waals surface area contributed by atoms with Crippen LogP contribution in [0, 0.1) is 0 Å². The maximum Gasteiger partial charge on any atom is 0.248 e. The highest BCUT2D eigenvalue weighted by atomic mass is 16.3. The van der Waals surface area contributed by atoms with E-state index in [2.05, 4.69) is 15.4 Å². The molecule has 1 saturated carbocycles. The fourth-order valence-electron chi connectivity index (χ4n) is 5.86. The lowest BCUT2D eigenvalue weighted by molar-refractivity contribution is -0.138. The minimum atomic E-state index is -0.476. The summed E-state index contributed by atoms with van der Waals surface area (Å²) in [6.07, 6.45) is 9.04. The third-order valence-corrected chi connectivity index (χ3v) is 7.61. The molecular formula is C25H29N7O3. The molecule has 2 saturated heterocycles. The molecule has 1 unspecified atom stereocenters. The average molecular weight is 476 g/mol. The van der Waals surface area contributed by atoms with Crippen molar-refractivity contribution in [3.05, 3.63) is 35.8 Å². The Balaban J connectivity index is 1.39. The van der Waals surface area contributed by atoms with Crippen LogP contribution in [-0.4, -0.2) is 66.0 Å². The minimum Gasteiger partial charge on any atom is -0.387 e. The summed E-state index contributed by atoms with van der Waals surface area (Å²) in [6.45, 7) is 1.03. The molecule has 3 atom stereocenters. The number of aliphatic hydroxyl groups is 1. The number of ketones is 1. The molecule has 10 nitrogen and oxygen atoms in total. The Labute approximate surface area is 202 Å². The number of nitrogens with zero attached hydrogens (tertiary/aromatic N) is 5. The van der Waals surface area contributed by atoms with Crippen molar-refractivity contribution in [3.8, 4) is 11.1 Å². The Hall–Kier alpha value is -3.53. The van der Waals surface area contributed by atoms with E-state index in [1.54, 1.807) is 12.4 Å². The van der Waals surface area contributed by atoms with Crippen molar-refractivity contribution in [3.63, 3.8) is 0 Å². The van der Waals surface area contributed by atoms with Crippen LogP contribution in [-0.2, 0) is 4.79 Å². The van der Waals surface area contributed by atoms with E-state index in [0.717, 1.165) is 29.8 Å². The summed E-state index contributed by atoms with van der Waals surface area (Å²) in [4.78, 5) is 36.4. The van der Waals surface area contributed by atoms with E-state index >= 15 is 0 Å². The van der Waals surface area contributed by atoms with Crippen LogP contribution in [0.25, 0.3) is 16.8 Å². The van der Waals surface area contributed by atoms with Gasteiger partial charge in [0.1, 0.15) is 18.2 Å². The molecule has 35 heavy (non-hydrogen) atoms. The van der Waals surface area contributed by atoms with Gasteiger partial charge in [0.2, 0.25) is 5.91 Å². The number of carbonyl (C=O) groups excluding carboxylic acids is 2. The lowest BCUT2D eigenvalue weighted by Gasteiger charge is -2.39. The van der Waals surface area contributed by atoms with Gasteiger partial charge in [-0.05, 0) is 57.6 Å². The lowest BCUT2D eigenvalue weighted by Crippen LogP contribution is -2.47. The molecule has 3 fully saturated rings. The van der Waals surface area contributed by atoms with E-state index in [-0.39, 0.29) is 35.5 Å². The summed E-state index contributed by atoms with van der Waals surface area (Å²) >= 11 is 0. The number of pyridine rings is 1. The second-order valence-corrected chi connectivity index (χ2v) is 9.97. The quantitative estimate of drug-likeness (QED) is 0.462. The van der Waals surface area contributed by atoms with E-state index < -0.39 is 6.61 Å². The molecule has 0 aromatic carbocycles. The number of aromatic nitrogens is 4. The maximum absolute atomic E-state index is 12.7. The average Bonchev–Trinajstić information content (AvgIpc) is 3.50. The normalized spacial score (nSPS) is 23.6. The van der Waals surface area contributed by atoms with E-state index in [1.165, 1.54) is 24.3 Å². The van der Waals surface area contributed by atoms with Gasteiger partial charge in [-0.25, -0.2) is 9.97 Å². The number of piperidine rings is 1. The molecule has 2 bridgehead atoms. The second kappa shape index (κ2) is 8.30. The molecule has 0 spiro atoms. The first-order chi connectivity index (χ1) is 16.9. The summed E-state index contributed by atoms with van der Waals surface area (Å²) < 4.78 is 1.53. The third kappa shape index (κ3) is 3.72.